The lowest BCUT2D eigenvalue weighted by molar-refractivity contribution is -0.158. The predicted molar refractivity (Wildman–Crippen MR) is 123 cm³/mol. The summed E-state index contributed by atoms with van der Waals surface area (Å²) >= 11 is 11.9. The second-order valence-corrected chi connectivity index (χ2v) is 9.19. The van der Waals surface area contributed by atoms with Gasteiger partial charge in [-0.25, -0.2) is 4.68 Å². The Balaban J connectivity index is 2.06. The fourth-order valence-corrected chi connectivity index (χ4v) is 2.98. The van der Waals surface area contributed by atoms with E-state index in [4.69, 9.17) is 32.7 Å². The minimum Gasteiger partial charge on any atom is -0.459 e. The van der Waals surface area contributed by atoms with Crippen molar-refractivity contribution in [2.75, 3.05) is 18.5 Å². The number of carbonyl (C=O) groups excluding carboxylic acids is 2. The molecular weight excluding hydrogens is 457 g/mol. The van der Waals surface area contributed by atoms with Gasteiger partial charge in [0.15, 0.2) is 5.15 Å². The largest absolute Gasteiger partial charge is 0.459 e. The van der Waals surface area contributed by atoms with Crippen molar-refractivity contribution in [1.29, 1.82) is 0 Å². The third-order valence-electron chi connectivity index (χ3n) is 4.00. The van der Waals surface area contributed by atoms with E-state index in [0.29, 0.717) is 29.4 Å². The Kier molecular flexibility index (Phi) is 9.45. The van der Waals surface area contributed by atoms with Crippen LogP contribution in [0.15, 0.2) is 24.4 Å². The van der Waals surface area contributed by atoms with Crippen molar-refractivity contribution in [3.05, 3.63) is 34.6 Å². The summed E-state index contributed by atoms with van der Waals surface area (Å²) in [5, 5.41) is 14.0. The number of hydrogen-bond donors (Lipinski definition) is 2. The number of hydrogen-bond acceptors (Lipinski definition) is 7. The number of benzene rings is 1. The van der Waals surface area contributed by atoms with Crippen LogP contribution in [0, 0.1) is 0 Å². The first-order chi connectivity index (χ1) is 14.9. The van der Waals surface area contributed by atoms with Crippen LogP contribution in [0.3, 0.4) is 0 Å². The van der Waals surface area contributed by atoms with Gasteiger partial charge in [0, 0.05) is 11.6 Å². The van der Waals surface area contributed by atoms with Crippen molar-refractivity contribution in [3.8, 4) is 5.69 Å². The molecule has 2 aromatic rings. The quantitative estimate of drug-likeness (QED) is 0.494. The molecule has 1 atom stereocenters. The van der Waals surface area contributed by atoms with Gasteiger partial charge in [-0.3, -0.25) is 14.9 Å². The van der Waals surface area contributed by atoms with Crippen LogP contribution in [0.5, 0.6) is 0 Å². The molecule has 2 rings (SSSR count). The summed E-state index contributed by atoms with van der Waals surface area (Å²) in [4.78, 5) is 25.2. The van der Waals surface area contributed by atoms with Crippen LogP contribution < -0.4 is 10.6 Å². The smallest absolute Gasteiger partial charge is 0.323 e. The van der Waals surface area contributed by atoms with Crippen molar-refractivity contribution < 1.29 is 19.1 Å². The average Bonchev–Trinajstić information content (AvgIpc) is 3.09. The number of ether oxygens (including phenoxy) is 2. The lowest BCUT2D eigenvalue weighted by atomic mass is 10.1. The molecule has 1 amide bonds. The molecule has 9 nitrogen and oxygen atoms in total. The van der Waals surface area contributed by atoms with E-state index in [-0.39, 0.29) is 23.7 Å². The van der Waals surface area contributed by atoms with Gasteiger partial charge in [0.05, 0.1) is 30.2 Å². The van der Waals surface area contributed by atoms with Crippen LogP contribution in [-0.2, 0) is 19.1 Å². The summed E-state index contributed by atoms with van der Waals surface area (Å²) in [5.74, 6) is -0.823. The number of esters is 1. The summed E-state index contributed by atoms with van der Waals surface area (Å²) in [6.07, 6.45) is 1.90. The molecular formula is C21H29Cl2N5O4. The predicted octanol–water partition coefficient (Wildman–Crippen LogP) is 3.63. The average molecular weight is 486 g/mol. The number of anilines is 1. The van der Waals surface area contributed by atoms with Crippen molar-refractivity contribution in [1.82, 2.24) is 20.3 Å². The van der Waals surface area contributed by atoms with E-state index < -0.39 is 17.6 Å². The van der Waals surface area contributed by atoms with Gasteiger partial charge in [-0.2, -0.15) is 0 Å². The number of carbonyl (C=O) groups is 2. The number of rotatable bonds is 10. The molecule has 1 aromatic carbocycles. The zero-order valence-corrected chi connectivity index (χ0v) is 20.3. The van der Waals surface area contributed by atoms with Crippen LogP contribution >= 0.6 is 23.2 Å². The van der Waals surface area contributed by atoms with Gasteiger partial charge >= 0.3 is 5.97 Å². The second-order valence-electron chi connectivity index (χ2n) is 8.37. The van der Waals surface area contributed by atoms with Gasteiger partial charge in [-0.05, 0) is 59.2 Å². The van der Waals surface area contributed by atoms with Gasteiger partial charge < -0.3 is 14.8 Å². The Morgan fingerprint density at radius 3 is 2.53 bits per heavy atom. The topological polar surface area (TPSA) is 107 Å². The summed E-state index contributed by atoms with van der Waals surface area (Å²) in [6, 6.07) is 4.23. The first-order valence-corrected chi connectivity index (χ1v) is 11.0. The van der Waals surface area contributed by atoms with Gasteiger partial charge in [0.25, 0.3) is 0 Å². The normalized spacial score (nSPS) is 12.6. The molecule has 11 heteroatoms. The van der Waals surface area contributed by atoms with E-state index >= 15 is 0 Å². The highest BCUT2D eigenvalue weighted by Crippen LogP contribution is 2.24. The Morgan fingerprint density at radius 1 is 1.22 bits per heavy atom. The number of aromatic nitrogens is 3. The molecule has 0 fully saturated rings. The minimum absolute atomic E-state index is 0.0316. The molecule has 0 spiro atoms. The standard InChI is InChI=1S/C21H29Cl2N5O4/c1-13(2)31-9-8-15(20(30)32-21(3,4)5)24-11-19(29)25-16-10-14(22)6-7-17(16)28-12-18(23)26-27-28/h6-7,10,12-13,15,24H,8-9,11H2,1-5H3,(H,25,29)/t15-/m0/s1. The zero-order valence-electron chi connectivity index (χ0n) is 18.8. The highest BCUT2D eigenvalue weighted by molar-refractivity contribution is 6.31. The first-order valence-electron chi connectivity index (χ1n) is 10.2. The molecule has 0 radical (unpaired) electrons. The number of halogens is 2. The third kappa shape index (κ3) is 8.74. The molecule has 176 valence electrons. The molecule has 0 unspecified atom stereocenters. The van der Waals surface area contributed by atoms with Crippen LogP contribution in [0.2, 0.25) is 10.2 Å². The maximum atomic E-state index is 12.6. The van der Waals surface area contributed by atoms with E-state index in [1.165, 1.54) is 10.9 Å². The molecule has 1 heterocycles. The van der Waals surface area contributed by atoms with Crippen LogP contribution in [0.25, 0.3) is 5.69 Å². The van der Waals surface area contributed by atoms with Gasteiger partial charge in [-0.1, -0.05) is 28.4 Å². The van der Waals surface area contributed by atoms with Crippen molar-refractivity contribution in [3.63, 3.8) is 0 Å². The third-order valence-corrected chi connectivity index (χ3v) is 4.41. The molecule has 1 aromatic heterocycles. The van der Waals surface area contributed by atoms with Gasteiger partial charge in [0.2, 0.25) is 5.91 Å². The van der Waals surface area contributed by atoms with E-state index in [1.54, 1.807) is 39.0 Å². The summed E-state index contributed by atoms with van der Waals surface area (Å²) < 4.78 is 12.4. The highest BCUT2D eigenvalue weighted by Gasteiger charge is 2.25. The van der Waals surface area contributed by atoms with Crippen molar-refractivity contribution in [2.24, 2.45) is 0 Å². The number of amides is 1. The fourth-order valence-electron chi connectivity index (χ4n) is 2.68. The lowest BCUT2D eigenvalue weighted by Crippen LogP contribution is -2.45. The zero-order chi connectivity index (χ0) is 23.9. The minimum atomic E-state index is -0.702. The van der Waals surface area contributed by atoms with Crippen LogP contribution in [-0.4, -0.2) is 57.8 Å². The lowest BCUT2D eigenvalue weighted by Gasteiger charge is -2.25. The maximum Gasteiger partial charge on any atom is 0.323 e. The second kappa shape index (κ2) is 11.6. The molecule has 0 aliphatic rings. The summed E-state index contributed by atoms with van der Waals surface area (Å²) in [5.41, 5.74) is 0.312. The van der Waals surface area contributed by atoms with Gasteiger partial charge in [-0.15, -0.1) is 5.10 Å². The Labute approximate surface area is 197 Å². The highest BCUT2D eigenvalue weighted by atomic mass is 35.5. The van der Waals surface area contributed by atoms with E-state index in [0.717, 1.165) is 0 Å². The first kappa shape index (κ1) is 26.1. The van der Waals surface area contributed by atoms with E-state index in [1.807, 2.05) is 13.8 Å². The van der Waals surface area contributed by atoms with E-state index in [2.05, 4.69) is 20.9 Å². The molecule has 0 aliphatic heterocycles. The molecule has 0 bridgehead atoms. The Morgan fingerprint density at radius 2 is 1.94 bits per heavy atom. The van der Waals surface area contributed by atoms with Crippen molar-refractivity contribution >= 4 is 40.8 Å². The van der Waals surface area contributed by atoms with Crippen LogP contribution in [0.1, 0.15) is 41.0 Å². The van der Waals surface area contributed by atoms with E-state index in [9.17, 15) is 9.59 Å². The number of nitrogens with one attached hydrogen (secondary N) is 2. The fraction of sp³-hybridized carbons (Fsp3) is 0.524. The summed E-state index contributed by atoms with van der Waals surface area (Å²) in [7, 11) is 0. The van der Waals surface area contributed by atoms with Crippen molar-refractivity contribution in [2.45, 2.75) is 58.8 Å². The molecule has 0 aliphatic carbocycles. The SMILES string of the molecule is CC(C)OCC[C@H](NCC(=O)Nc1cc(Cl)ccc1-n1cc(Cl)nn1)C(=O)OC(C)(C)C. The monoisotopic (exact) mass is 485 g/mol. The maximum absolute atomic E-state index is 12.6. The summed E-state index contributed by atoms with van der Waals surface area (Å²) in [6.45, 7) is 9.41. The van der Waals surface area contributed by atoms with Gasteiger partial charge in [0.1, 0.15) is 11.6 Å². The Hall–Kier alpha value is -2.20. The molecule has 0 saturated heterocycles. The Bertz CT molecular complexity index is 927. The van der Waals surface area contributed by atoms with Crippen LogP contribution in [0.4, 0.5) is 5.69 Å². The molecule has 32 heavy (non-hydrogen) atoms. The molecule has 0 saturated carbocycles. The number of nitrogens with zero attached hydrogens (tertiary/aromatic N) is 3. The molecule has 2 N–H and O–H groups in total.